The molecular formula is C21H27BrN2O5S. The van der Waals surface area contributed by atoms with Crippen molar-refractivity contribution in [3.05, 3.63) is 46.4 Å². The largest absolute Gasteiger partial charge is 0.493 e. The first-order valence-corrected chi connectivity index (χ1v) is 11.6. The number of methoxy groups -OCH3 is 2. The number of carbonyl (C=O) groups is 1. The van der Waals surface area contributed by atoms with Gasteiger partial charge in [-0.05, 0) is 52.0 Å². The van der Waals surface area contributed by atoms with Crippen LogP contribution >= 0.6 is 15.9 Å². The van der Waals surface area contributed by atoms with Crippen molar-refractivity contribution < 1.29 is 22.7 Å². The lowest BCUT2D eigenvalue weighted by Gasteiger charge is -2.19. The summed E-state index contributed by atoms with van der Waals surface area (Å²) in [6, 6.07) is 10.4. The molecule has 1 N–H and O–H groups in total. The van der Waals surface area contributed by atoms with E-state index in [1.165, 1.54) is 39.0 Å². The normalized spacial score (nSPS) is 12.5. The summed E-state index contributed by atoms with van der Waals surface area (Å²) < 4.78 is 37.6. The number of anilines is 1. The van der Waals surface area contributed by atoms with Crippen LogP contribution in [0.25, 0.3) is 0 Å². The van der Waals surface area contributed by atoms with Crippen molar-refractivity contribution in [2.24, 2.45) is 0 Å². The number of rotatable bonds is 9. The third-order valence-electron chi connectivity index (χ3n) is 4.87. The second-order valence-electron chi connectivity index (χ2n) is 6.88. The van der Waals surface area contributed by atoms with E-state index in [4.69, 9.17) is 9.47 Å². The van der Waals surface area contributed by atoms with Crippen molar-refractivity contribution >= 4 is 37.5 Å². The molecular weight excluding hydrogens is 472 g/mol. The zero-order valence-corrected chi connectivity index (χ0v) is 20.1. The minimum Gasteiger partial charge on any atom is -0.493 e. The predicted molar refractivity (Wildman–Crippen MR) is 121 cm³/mol. The van der Waals surface area contributed by atoms with Gasteiger partial charge in [-0.3, -0.25) is 4.79 Å². The molecule has 0 aliphatic carbocycles. The smallest absolute Gasteiger partial charge is 0.244 e. The number of ether oxygens (including phenoxy) is 2. The Morgan fingerprint density at radius 2 is 1.70 bits per heavy atom. The fraction of sp³-hybridized carbons (Fsp3) is 0.381. The summed E-state index contributed by atoms with van der Waals surface area (Å²) in [5.41, 5.74) is 1.80. The number of amides is 1. The monoisotopic (exact) mass is 498 g/mol. The summed E-state index contributed by atoms with van der Waals surface area (Å²) in [7, 11) is 0.291. The molecule has 30 heavy (non-hydrogen) atoms. The van der Waals surface area contributed by atoms with Gasteiger partial charge in [-0.15, -0.1) is 0 Å². The SMILES string of the molecule is CCC(C)c1ccc(NC(=O)CN(C)S(=O)(=O)c2cc(OC)c(OC)cc2Br)cc1. The van der Waals surface area contributed by atoms with E-state index < -0.39 is 15.9 Å². The highest BCUT2D eigenvalue weighted by molar-refractivity contribution is 9.10. The van der Waals surface area contributed by atoms with Gasteiger partial charge < -0.3 is 14.8 Å². The lowest BCUT2D eigenvalue weighted by Crippen LogP contribution is -2.35. The second-order valence-corrected chi connectivity index (χ2v) is 9.75. The van der Waals surface area contributed by atoms with E-state index in [9.17, 15) is 13.2 Å². The molecule has 0 heterocycles. The molecule has 0 spiro atoms. The molecule has 2 rings (SSSR count). The summed E-state index contributed by atoms with van der Waals surface area (Å²) in [5.74, 6) is 0.669. The number of benzene rings is 2. The van der Waals surface area contributed by atoms with Crippen LogP contribution < -0.4 is 14.8 Å². The maximum absolute atomic E-state index is 13.0. The zero-order valence-electron chi connectivity index (χ0n) is 17.7. The molecule has 0 fully saturated rings. The molecule has 9 heteroatoms. The number of halogens is 1. The number of hydrogen-bond donors (Lipinski definition) is 1. The van der Waals surface area contributed by atoms with Crippen LogP contribution in [0.15, 0.2) is 45.8 Å². The molecule has 164 valence electrons. The molecule has 0 bridgehead atoms. The van der Waals surface area contributed by atoms with Crippen LogP contribution in [-0.2, 0) is 14.8 Å². The van der Waals surface area contributed by atoms with Gasteiger partial charge in [0.25, 0.3) is 0 Å². The fourth-order valence-electron chi connectivity index (χ4n) is 2.82. The van der Waals surface area contributed by atoms with E-state index in [1.54, 1.807) is 0 Å². The van der Waals surface area contributed by atoms with Crippen molar-refractivity contribution in [2.45, 2.75) is 31.1 Å². The van der Waals surface area contributed by atoms with Gasteiger partial charge in [0.05, 0.1) is 20.8 Å². The lowest BCUT2D eigenvalue weighted by molar-refractivity contribution is -0.116. The highest BCUT2D eigenvalue weighted by atomic mass is 79.9. The van der Waals surface area contributed by atoms with E-state index in [-0.39, 0.29) is 17.2 Å². The Kier molecular flexibility index (Phi) is 8.28. The zero-order chi connectivity index (χ0) is 22.5. The van der Waals surface area contributed by atoms with Gasteiger partial charge in [0.1, 0.15) is 4.90 Å². The lowest BCUT2D eigenvalue weighted by atomic mass is 9.99. The number of likely N-dealkylation sites (N-methyl/N-ethyl adjacent to an activating group) is 1. The van der Waals surface area contributed by atoms with Gasteiger partial charge in [0.15, 0.2) is 11.5 Å². The topological polar surface area (TPSA) is 84.9 Å². The predicted octanol–water partition coefficient (Wildman–Crippen LogP) is 4.24. The van der Waals surface area contributed by atoms with Gasteiger partial charge in [-0.25, -0.2) is 8.42 Å². The van der Waals surface area contributed by atoms with Crippen molar-refractivity contribution in [3.8, 4) is 11.5 Å². The van der Waals surface area contributed by atoms with E-state index in [2.05, 4.69) is 35.1 Å². The number of nitrogens with one attached hydrogen (secondary N) is 1. The summed E-state index contributed by atoms with van der Waals surface area (Å²) in [6.45, 7) is 3.92. The third-order valence-corrected chi connectivity index (χ3v) is 7.63. The van der Waals surface area contributed by atoms with Crippen LogP contribution in [0.2, 0.25) is 0 Å². The Morgan fingerprint density at radius 1 is 1.13 bits per heavy atom. The third kappa shape index (κ3) is 5.53. The molecule has 1 unspecified atom stereocenters. The highest BCUT2D eigenvalue weighted by Crippen LogP contribution is 2.36. The van der Waals surface area contributed by atoms with Gasteiger partial charge >= 0.3 is 0 Å². The molecule has 2 aromatic rings. The molecule has 0 saturated heterocycles. The molecule has 0 aliphatic rings. The highest BCUT2D eigenvalue weighted by Gasteiger charge is 2.27. The van der Waals surface area contributed by atoms with Gasteiger partial charge in [-0.2, -0.15) is 4.31 Å². The Balaban J connectivity index is 2.14. The number of hydrogen-bond acceptors (Lipinski definition) is 5. The molecule has 0 radical (unpaired) electrons. The van der Waals surface area contributed by atoms with Crippen molar-refractivity contribution in [2.75, 3.05) is 33.1 Å². The molecule has 2 aromatic carbocycles. The van der Waals surface area contributed by atoms with E-state index >= 15 is 0 Å². The summed E-state index contributed by atoms with van der Waals surface area (Å²) in [5, 5.41) is 2.73. The first-order chi connectivity index (χ1) is 14.1. The second kappa shape index (κ2) is 10.3. The summed E-state index contributed by atoms with van der Waals surface area (Å²) >= 11 is 3.26. The fourth-order valence-corrected chi connectivity index (χ4v) is 4.94. The van der Waals surface area contributed by atoms with Gasteiger partial charge in [0.2, 0.25) is 15.9 Å². The molecule has 0 aliphatic heterocycles. The number of nitrogens with zero attached hydrogens (tertiary/aromatic N) is 1. The van der Waals surface area contributed by atoms with Crippen LogP contribution in [0, 0.1) is 0 Å². The van der Waals surface area contributed by atoms with Crippen molar-refractivity contribution in [3.63, 3.8) is 0 Å². The van der Waals surface area contributed by atoms with Crippen LogP contribution in [-0.4, -0.2) is 46.4 Å². The summed E-state index contributed by atoms with van der Waals surface area (Å²) in [4.78, 5) is 12.4. The van der Waals surface area contributed by atoms with E-state index in [0.717, 1.165) is 10.7 Å². The number of carbonyl (C=O) groups excluding carboxylic acids is 1. The van der Waals surface area contributed by atoms with Gasteiger partial charge in [0, 0.05) is 23.3 Å². The number of sulfonamides is 1. The Labute approximate surface area is 186 Å². The quantitative estimate of drug-likeness (QED) is 0.558. The minimum absolute atomic E-state index is 0.0200. The Hall–Kier alpha value is -2.10. The Morgan fingerprint density at radius 3 is 2.23 bits per heavy atom. The van der Waals surface area contributed by atoms with Crippen LogP contribution in [0.4, 0.5) is 5.69 Å². The minimum atomic E-state index is -3.95. The molecule has 7 nitrogen and oxygen atoms in total. The van der Waals surface area contributed by atoms with E-state index in [0.29, 0.717) is 21.8 Å². The van der Waals surface area contributed by atoms with Gasteiger partial charge in [-0.1, -0.05) is 26.0 Å². The van der Waals surface area contributed by atoms with Crippen molar-refractivity contribution in [1.29, 1.82) is 0 Å². The maximum atomic E-state index is 13.0. The molecule has 0 aromatic heterocycles. The molecule has 1 amide bonds. The average Bonchev–Trinajstić information content (AvgIpc) is 2.72. The standard InChI is InChI=1S/C21H27BrN2O5S/c1-6-14(2)15-7-9-16(10-8-15)23-21(25)13-24(3)30(26,27)20-12-19(29-5)18(28-4)11-17(20)22/h7-12,14H,6,13H2,1-5H3,(H,23,25). The molecule has 0 saturated carbocycles. The van der Waals surface area contributed by atoms with Crippen LogP contribution in [0.1, 0.15) is 31.7 Å². The van der Waals surface area contributed by atoms with Crippen molar-refractivity contribution in [1.82, 2.24) is 4.31 Å². The Bertz CT molecular complexity index is 993. The maximum Gasteiger partial charge on any atom is 0.244 e. The first kappa shape index (κ1) is 24.2. The van der Waals surface area contributed by atoms with E-state index in [1.807, 2.05) is 24.3 Å². The first-order valence-electron chi connectivity index (χ1n) is 9.41. The average molecular weight is 499 g/mol. The van der Waals surface area contributed by atoms with Crippen LogP contribution in [0.3, 0.4) is 0 Å². The van der Waals surface area contributed by atoms with Crippen LogP contribution in [0.5, 0.6) is 11.5 Å². The molecule has 1 atom stereocenters. The summed E-state index contributed by atoms with van der Waals surface area (Å²) in [6.07, 6.45) is 1.03.